The van der Waals surface area contributed by atoms with Crippen LogP contribution < -0.4 is 0 Å². The fourth-order valence-electron chi connectivity index (χ4n) is 5.21. The monoisotopic (exact) mass is 508 g/mol. The molecule has 0 amide bonds. The zero-order chi connectivity index (χ0) is 25.6. The first kappa shape index (κ1) is 25.1. The van der Waals surface area contributed by atoms with Crippen LogP contribution in [0.2, 0.25) is 0 Å². The maximum Gasteiger partial charge on any atom is 0.331 e. The van der Waals surface area contributed by atoms with Crippen LogP contribution in [0.1, 0.15) is 5.56 Å². The van der Waals surface area contributed by atoms with Crippen molar-refractivity contribution >= 4 is 12.0 Å². The van der Waals surface area contributed by atoms with Gasteiger partial charge in [0, 0.05) is 12.0 Å². The summed E-state index contributed by atoms with van der Waals surface area (Å²) in [5, 5.41) is 59.3. The number of aromatic hydroxyl groups is 1. The quantitative estimate of drug-likeness (QED) is 0.141. The minimum absolute atomic E-state index is 0.102. The second-order valence-electron chi connectivity index (χ2n) is 9.25. The van der Waals surface area contributed by atoms with Gasteiger partial charge in [-0.25, -0.2) is 4.79 Å². The summed E-state index contributed by atoms with van der Waals surface area (Å²) in [7, 11) is 0. The van der Waals surface area contributed by atoms with Crippen LogP contribution in [0.3, 0.4) is 0 Å². The molecule has 1 aliphatic carbocycles. The Morgan fingerprint density at radius 1 is 1.06 bits per heavy atom. The fraction of sp³-hybridized carbons (Fsp3) is 0.542. The van der Waals surface area contributed by atoms with Gasteiger partial charge in [-0.2, -0.15) is 0 Å². The van der Waals surface area contributed by atoms with Crippen molar-refractivity contribution in [2.75, 3.05) is 13.2 Å². The molecule has 0 unspecified atom stereocenters. The van der Waals surface area contributed by atoms with E-state index in [0.29, 0.717) is 5.56 Å². The lowest BCUT2D eigenvalue weighted by Gasteiger charge is -2.43. The average molecular weight is 508 g/mol. The van der Waals surface area contributed by atoms with E-state index in [1.807, 2.05) is 0 Å². The lowest BCUT2D eigenvalue weighted by molar-refractivity contribution is -0.344. The van der Waals surface area contributed by atoms with Gasteiger partial charge in [0.05, 0.1) is 25.4 Å². The second-order valence-corrected chi connectivity index (χ2v) is 9.25. The van der Waals surface area contributed by atoms with Crippen LogP contribution in [-0.2, 0) is 28.5 Å². The number of hydrogen-bond acceptors (Lipinski definition) is 12. The molecule has 3 aliphatic heterocycles. The van der Waals surface area contributed by atoms with E-state index >= 15 is 0 Å². The van der Waals surface area contributed by atoms with E-state index in [4.69, 9.17) is 23.7 Å². The number of hydrogen-bond donors (Lipinski definition) is 6. The van der Waals surface area contributed by atoms with Crippen LogP contribution in [0.15, 0.2) is 42.7 Å². The number of aliphatic hydroxyl groups is 5. The third-order valence-corrected chi connectivity index (χ3v) is 7.16. The van der Waals surface area contributed by atoms with Crippen molar-refractivity contribution in [2.24, 2.45) is 11.8 Å². The molecule has 2 saturated heterocycles. The molecule has 36 heavy (non-hydrogen) atoms. The Kier molecular flexibility index (Phi) is 6.78. The first-order valence-corrected chi connectivity index (χ1v) is 11.5. The molecule has 1 saturated carbocycles. The number of phenolic OH excluding ortho intramolecular Hbond substituents is 1. The van der Waals surface area contributed by atoms with Gasteiger partial charge in [-0.15, -0.1) is 0 Å². The highest BCUT2D eigenvalue weighted by Gasteiger charge is 2.77. The lowest BCUT2D eigenvalue weighted by atomic mass is 9.85. The first-order valence-electron chi connectivity index (χ1n) is 11.5. The summed E-state index contributed by atoms with van der Waals surface area (Å²) >= 11 is 0. The lowest BCUT2D eigenvalue weighted by Crippen LogP contribution is -2.60. The number of esters is 1. The largest absolute Gasteiger partial charge is 0.508 e. The van der Waals surface area contributed by atoms with Crippen molar-refractivity contribution in [1.82, 2.24) is 0 Å². The molecule has 0 radical (unpaired) electrons. The molecule has 12 heteroatoms. The van der Waals surface area contributed by atoms with E-state index in [2.05, 4.69) is 0 Å². The predicted octanol–water partition coefficient (Wildman–Crippen LogP) is -1.62. The van der Waals surface area contributed by atoms with Crippen molar-refractivity contribution in [3.8, 4) is 5.75 Å². The number of aliphatic hydroxyl groups excluding tert-OH is 5. The fourth-order valence-corrected chi connectivity index (χ4v) is 5.21. The number of carbonyl (C=O) groups is 1. The molecule has 5 rings (SSSR count). The Labute approximate surface area is 205 Å². The maximum atomic E-state index is 12.6. The van der Waals surface area contributed by atoms with E-state index in [1.54, 1.807) is 18.2 Å². The molecule has 6 N–H and O–H groups in total. The summed E-state index contributed by atoms with van der Waals surface area (Å²) in [5.74, 6) is -1.67. The number of benzene rings is 1. The number of phenols is 1. The molecule has 0 spiro atoms. The zero-order valence-corrected chi connectivity index (χ0v) is 18.9. The topological polar surface area (TPSA) is 188 Å². The second kappa shape index (κ2) is 9.72. The highest BCUT2D eigenvalue weighted by molar-refractivity contribution is 5.87. The molecule has 0 aromatic heterocycles. The van der Waals surface area contributed by atoms with Crippen LogP contribution in [0, 0.1) is 11.8 Å². The Hall–Kier alpha value is -2.55. The Bertz CT molecular complexity index is 1010. The number of rotatable bonds is 7. The molecule has 0 bridgehead atoms. The molecule has 3 fully saturated rings. The summed E-state index contributed by atoms with van der Waals surface area (Å²) < 4.78 is 28.3. The van der Waals surface area contributed by atoms with Gasteiger partial charge in [0.25, 0.3) is 0 Å². The highest BCUT2D eigenvalue weighted by atomic mass is 16.8. The summed E-state index contributed by atoms with van der Waals surface area (Å²) in [6.45, 7) is -1.04. The Balaban J connectivity index is 1.30. The SMILES string of the molecule is O=C(C=Cc1ccc(O)cc1)O[C@@H]1[C@H]2C=CO[C@@H](O[C@H]3O[C@H](CO)[C@@H](O)[C@H](O)[C@H]3O)[C@@H]2[C@]2(CO)O[C@@H]12. The summed E-state index contributed by atoms with van der Waals surface area (Å²) in [6.07, 6.45) is -4.18. The van der Waals surface area contributed by atoms with Crippen LogP contribution in [-0.4, -0.2) is 105 Å². The van der Waals surface area contributed by atoms with Crippen molar-refractivity contribution in [1.29, 1.82) is 0 Å². The van der Waals surface area contributed by atoms with Gasteiger partial charge < -0.3 is 54.3 Å². The van der Waals surface area contributed by atoms with E-state index in [0.717, 1.165) is 0 Å². The van der Waals surface area contributed by atoms with Crippen LogP contribution >= 0.6 is 0 Å². The highest BCUT2D eigenvalue weighted by Crippen LogP contribution is 2.60. The van der Waals surface area contributed by atoms with Gasteiger partial charge in [-0.1, -0.05) is 12.1 Å². The van der Waals surface area contributed by atoms with Gasteiger partial charge in [0.15, 0.2) is 6.29 Å². The first-order chi connectivity index (χ1) is 17.3. The molecule has 11 atom stereocenters. The number of fused-ring (bicyclic) bond motifs is 3. The minimum atomic E-state index is -1.64. The predicted molar refractivity (Wildman–Crippen MR) is 118 cm³/mol. The molecular formula is C24H28O12. The van der Waals surface area contributed by atoms with Gasteiger partial charge in [-0.3, -0.25) is 0 Å². The standard InChI is InChI=1S/C24H28O12/c25-9-14-17(29)18(30)19(31)23(33-14)35-22-16-13(7-8-32-22)20(21-24(16,10-26)36-21)34-15(28)6-3-11-1-4-12(27)5-2-11/h1-8,13-14,16-23,25-27,29-31H,9-10H2/t13-,14+,16+,17+,18-,19+,20+,21-,22-,23+,24-/m0/s1. The normalized spacial score (nSPS) is 43.0. The van der Waals surface area contributed by atoms with Crippen LogP contribution in [0.25, 0.3) is 6.08 Å². The third kappa shape index (κ3) is 4.29. The van der Waals surface area contributed by atoms with Crippen molar-refractivity contribution < 1.29 is 59.1 Å². The van der Waals surface area contributed by atoms with Gasteiger partial charge in [0.2, 0.25) is 6.29 Å². The Morgan fingerprint density at radius 2 is 1.81 bits per heavy atom. The van der Waals surface area contributed by atoms with Gasteiger partial charge in [0.1, 0.15) is 48.0 Å². The zero-order valence-electron chi connectivity index (χ0n) is 18.9. The summed E-state index contributed by atoms with van der Waals surface area (Å²) in [5.41, 5.74) is -0.444. The van der Waals surface area contributed by atoms with Gasteiger partial charge >= 0.3 is 5.97 Å². The number of ether oxygens (including phenoxy) is 5. The van der Waals surface area contributed by atoms with Gasteiger partial charge in [-0.05, 0) is 29.8 Å². The van der Waals surface area contributed by atoms with E-state index in [9.17, 15) is 35.4 Å². The molecular weight excluding hydrogens is 480 g/mol. The molecule has 1 aromatic rings. The van der Waals surface area contributed by atoms with Crippen molar-refractivity contribution in [3.05, 3.63) is 48.2 Å². The Morgan fingerprint density at radius 3 is 2.50 bits per heavy atom. The van der Waals surface area contributed by atoms with E-state index < -0.39 is 85.8 Å². The van der Waals surface area contributed by atoms with Crippen molar-refractivity contribution in [2.45, 2.75) is 54.8 Å². The smallest absolute Gasteiger partial charge is 0.331 e. The summed E-state index contributed by atoms with van der Waals surface area (Å²) in [6, 6.07) is 6.24. The molecule has 196 valence electrons. The van der Waals surface area contributed by atoms with E-state index in [1.165, 1.54) is 30.5 Å². The van der Waals surface area contributed by atoms with Crippen LogP contribution in [0.5, 0.6) is 5.75 Å². The molecule has 12 nitrogen and oxygen atoms in total. The third-order valence-electron chi connectivity index (χ3n) is 7.16. The van der Waals surface area contributed by atoms with E-state index in [-0.39, 0.29) is 5.75 Å². The average Bonchev–Trinajstić information content (AvgIpc) is 3.56. The number of carbonyl (C=O) groups excluding carboxylic acids is 1. The number of epoxide rings is 1. The molecule has 1 aromatic carbocycles. The maximum absolute atomic E-state index is 12.6. The van der Waals surface area contributed by atoms with Crippen molar-refractivity contribution in [3.63, 3.8) is 0 Å². The van der Waals surface area contributed by atoms with Crippen LogP contribution in [0.4, 0.5) is 0 Å². The minimum Gasteiger partial charge on any atom is -0.508 e. The molecule has 4 aliphatic rings. The summed E-state index contributed by atoms with van der Waals surface area (Å²) in [4.78, 5) is 12.6. The molecule has 3 heterocycles.